The molecule has 0 aromatic heterocycles. The number of carbonyl (C=O) groups excluding carboxylic acids is 2. The predicted molar refractivity (Wildman–Crippen MR) is 77.4 cm³/mol. The number of aliphatic hydroxyl groups excluding tert-OH is 1. The van der Waals surface area contributed by atoms with Crippen molar-refractivity contribution in [2.75, 3.05) is 20.1 Å². The van der Waals surface area contributed by atoms with Crippen LogP contribution in [-0.2, 0) is 9.59 Å². The topological polar surface area (TPSA) is 72.9 Å². The van der Waals surface area contributed by atoms with Crippen molar-refractivity contribution in [3.05, 3.63) is 0 Å². The predicted octanol–water partition coefficient (Wildman–Crippen LogP) is -0.577. The number of amides is 2. The van der Waals surface area contributed by atoms with Crippen molar-refractivity contribution in [1.82, 2.24) is 15.1 Å². The lowest BCUT2D eigenvalue weighted by Gasteiger charge is -2.52. The first-order valence-corrected chi connectivity index (χ1v) is 7.89. The van der Waals surface area contributed by atoms with Gasteiger partial charge in [0, 0.05) is 25.2 Å². The summed E-state index contributed by atoms with van der Waals surface area (Å²) in [4.78, 5) is 28.7. The molecule has 4 aliphatic heterocycles. The number of fused-ring (bicyclic) bond motifs is 3. The third-order valence-electron chi connectivity index (χ3n) is 5.53. The van der Waals surface area contributed by atoms with Gasteiger partial charge in [-0.1, -0.05) is 6.92 Å². The van der Waals surface area contributed by atoms with Gasteiger partial charge in [0.2, 0.25) is 11.8 Å². The molecule has 0 radical (unpaired) electrons. The van der Waals surface area contributed by atoms with Crippen LogP contribution in [0, 0.1) is 11.8 Å². The molecule has 6 atom stereocenters. The highest BCUT2D eigenvalue weighted by Crippen LogP contribution is 2.32. The minimum atomic E-state index is -0.706. The Kier molecular flexibility index (Phi) is 3.69. The van der Waals surface area contributed by atoms with Crippen molar-refractivity contribution in [1.29, 1.82) is 0 Å². The normalized spacial score (nSPS) is 38.7. The summed E-state index contributed by atoms with van der Waals surface area (Å²) in [5.41, 5.74) is 0. The van der Waals surface area contributed by atoms with Crippen molar-refractivity contribution >= 4 is 11.8 Å². The van der Waals surface area contributed by atoms with Crippen LogP contribution in [-0.4, -0.2) is 71.1 Å². The van der Waals surface area contributed by atoms with Crippen LogP contribution in [0.5, 0.6) is 0 Å². The van der Waals surface area contributed by atoms with Crippen molar-refractivity contribution < 1.29 is 14.7 Å². The summed E-state index contributed by atoms with van der Waals surface area (Å²) in [6.45, 7) is 5.23. The van der Waals surface area contributed by atoms with Gasteiger partial charge in [-0.05, 0) is 26.8 Å². The van der Waals surface area contributed by atoms with E-state index < -0.39 is 12.0 Å². The SMILES string of the molecule is C[C@@H](O)[C@H]1C(=O)N[C@@H]1[C@@H](C)C(=O)N1C[C@@H]2CC[C@H]1CN2C. The van der Waals surface area contributed by atoms with Gasteiger partial charge in [0.15, 0.2) is 0 Å². The molecule has 2 bridgehead atoms. The molecule has 0 aliphatic carbocycles. The Morgan fingerprint density at radius 2 is 1.95 bits per heavy atom. The van der Waals surface area contributed by atoms with Gasteiger partial charge in [-0.2, -0.15) is 0 Å². The van der Waals surface area contributed by atoms with E-state index in [0.717, 1.165) is 25.9 Å². The van der Waals surface area contributed by atoms with E-state index in [1.807, 2.05) is 11.8 Å². The molecule has 4 aliphatic rings. The van der Waals surface area contributed by atoms with Crippen LogP contribution in [0.4, 0.5) is 0 Å². The summed E-state index contributed by atoms with van der Waals surface area (Å²) in [5.74, 6) is -0.747. The summed E-state index contributed by atoms with van der Waals surface area (Å²) in [7, 11) is 2.12. The molecule has 4 fully saturated rings. The highest BCUT2D eigenvalue weighted by molar-refractivity contribution is 5.90. The maximum absolute atomic E-state index is 12.8. The van der Waals surface area contributed by atoms with Gasteiger partial charge in [-0.25, -0.2) is 0 Å². The summed E-state index contributed by atoms with van der Waals surface area (Å²) in [5, 5.41) is 12.5. The molecule has 0 aromatic rings. The standard InChI is InChI=1S/C15H25N3O3/c1-8(13-12(9(2)19)14(20)16-13)15(21)18-7-10-4-5-11(18)6-17(10)3/h8-13,19H,4-7H2,1-3H3,(H,16,20)/t8-,9-,10+,11+,12-,13-/m1/s1. The second kappa shape index (κ2) is 5.25. The van der Waals surface area contributed by atoms with Crippen LogP contribution in [0.15, 0.2) is 0 Å². The first-order chi connectivity index (χ1) is 9.90. The van der Waals surface area contributed by atoms with Gasteiger partial charge in [0.25, 0.3) is 0 Å². The lowest BCUT2D eigenvalue weighted by Crippen LogP contribution is -2.69. The number of rotatable bonds is 3. The fourth-order valence-electron chi connectivity index (χ4n) is 4.10. The number of aliphatic hydroxyl groups is 1. The van der Waals surface area contributed by atoms with Crippen LogP contribution in [0.1, 0.15) is 26.7 Å². The smallest absolute Gasteiger partial charge is 0.228 e. The zero-order valence-corrected chi connectivity index (χ0v) is 13.0. The molecular formula is C15H25N3O3. The number of likely N-dealkylation sites (N-methyl/N-ethyl adjacent to an activating group) is 1. The van der Waals surface area contributed by atoms with Gasteiger partial charge >= 0.3 is 0 Å². The number of hydrogen-bond acceptors (Lipinski definition) is 4. The van der Waals surface area contributed by atoms with E-state index in [1.165, 1.54) is 0 Å². The van der Waals surface area contributed by atoms with E-state index in [9.17, 15) is 14.7 Å². The fourth-order valence-corrected chi connectivity index (χ4v) is 4.10. The monoisotopic (exact) mass is 295 g/mol. The molecule has 0 aromatic carbocycles. The molecule has 4 saturated heterocycles. The van der Waals surface area contributed by atoms with E-state index in [2.05, 4.69) is 17.3 Å². The number of nitrogens with one attached hydrogen (secondary N) is 1. The zero-order chi connectivity index (χ0) is 15.3. The third-order valence-corrected chi connectivity index (χ3v) is 5.53. The summed E-state index contributed by atoms with van der Waals surface area (Å²) in [6.07, 6.45) is 1.53. The Balaban J connectivity index is 1.67. The van der Waals surface area contributed by atoms with Crippen molar-refractivity contribution in [2.45, 2.75) is 50.9 Å². The first kappa shape index (κ1) is 14.8. The minimum Gasteiger partial charge on any atom is -0.393 e. The first-order valence-electron chi connectivity index (χ1n) is 7.89. The molecule has 2 amide bonds. The quantitative estimate of drug-likeness (QED) is 0.684. The molecule has 6 heteroatoms. The Bertz CT molecular complexity index is 453. The van der Waals surface area contributed by atoms with Crippen LogP contribution in [0.25, 0.3) is 0 Å². The summed E-state index contributed by atoms with van der Waals surface area (Å²) < 4.78 is 0. The molecule has 0 unspecified atom stereocenters. The molecule has 0 saturated carbocycles. The third kappa shape index (κ3) is 2.34. The number of β-lactam (4-membered cyclic amide) rings is 1. The molecule has 2 N–H and O–H groups in total. The van der Waals surface area contributed by atoms with E-state index in [0.29, 0.717) is 12.1 Å². The van der Waals surface area contributed by atoms with E-state index in [-0.39, 0.29) is 23.8 Å². The van der Waals surface area contributed by atoms with Gasteiger partial charge in [0.05, 0.1) is 24.0 Å². The number of hydrogen-bond donors (Lipinski definition) is 2. The highest BCUT2D eigenvalue weighted by atomic mass is 16.3. The molecule has 4 heterocycles. The zero-order valence-electron chi connectivity index (χ0n) is 13.0. The van der Waals surface area contributed by atoms with Gasteiger partial charge in [-0.3, -0.25) is 14.5 Å². The van der Waals surface area contributed by atoms with Crippen molar-refractivity contribution in [3.63, 3.8) is 0 Å². The maximum Gasteiger partial charge on any atom is 0.228 e. The number of carbonyl (C=O) groups is 2. The molecule has 4 rings (SSSR count). The van der Waals surface area contributed by atoms with Gasteiger partial charge < -0.3 is 15.3 Å². The van der Waals surface area contributed by atoms with Gasteiger partial charge in [0.1, 0.15) is 0 Å². The largest absolute Gasteiger partial charge is 0.393 e. The highest BCUT2D eigenvalue weighted by Gasteiger charge is 2.49. The maximum atomic E-state index is 12.8. The van der Waals surface area contributed by atoms with Gasteiger partial charge in [-0.15, -0.1) is 0 Å². The van der Waals surface area contributed by atoms with Crippen LogP contribution >= 0.6 is 0 Å². The number of piperidine rings is 2. The molecule has 118 valence electrons. The van der Waals surface area contributed by atoms with Crippen molar-refractivity contribution in [2.24, 2.45) is 11.8 Å². The lowest BCUT2D eigenvalue weighted by molar-refractivity contribution is -0.153. The van der Waals surface area contributed by atoms with E-state index >= 15 is 0 Å². The Morgan fingerprint density at radius 1 is 1.29 bits per heavy atom. The molecule has 0 spiro atoms. The second-order valence-electron chi connectivity index (χ2n) is 6.90. The van der Waals surface area contributed by atoms with Crippen LogP contribution < -0.4 is 5.32 Å². The molecular weight excluding hydrogens is 270 g/mol. The number of nitrogens with zero attached hydrogens (tertiary/aromatic N) is 2. The summed E-state index contributed by atoms with van der Waals surface area (Å²) in [6, 6.07) is 0.536. The molecule has 21 heavy (non-hydrogen) atoms. The average molecular weight is 295 g/mol. The van der Waals surface area contributed by atoms with Crippen LogP contribution in [0.3, 0.4) is 0 Å². The second-order valence-corrected chi connectivity index (χ2v) is 6.90. The lowest BCUT2D eigenvalue weighted by atomic mass is 9.77. The Labute approximate surface area is 125 Å². The Morgan fingerprint density at radius 3 is 2.43 bits per heavy atom. The van der Waals surface area contributed by atoms with Crippen LogP contribution in [0.2, 0.25) is 0 Å². The average Bonchev–Trinajstić information content (AvgIpc) is 2.42. The fraction of sp³-hybridized carbons (Fsp3) is 0.867. The Hall–Kier alpha value is -1.14. The number of piperazine rings is 1. The summed E-state index contributed by atoms with van der Waals surface area (Å²) >= 11 is 0. The minimum absolute atomic E-state index is 0.119. The van der Waals surface area contributed by atoms with Crippen molar-refractivity contribution in [3.8, 4) is 0 Å². The molecule has 6 nitrogen and oxygen atoms in total. The van der Waals surface area contributed by atoms with E-state index in [1.54, 1.807) is 6.92 Å². The van der Waals surface area contributed by atoms with E-state index in [4.69, 9.17) is 0 Å².